The first kappa shape index (κ1) is 22.0. The van der Waals surface area contributed by atoms with Crippen molar-refractivity contribution in [2.24, 2.45) is 0 Å². The Hall–Kier alpha value is -3.74. The molecule has 1 unspecified atom stereocenters. The van der Waals surface area contributed by atoms with Crippen LogP contribution in [0.3, 0.4) is 0 Å². The van der Waals surface area contributed by atoms with Gasteiger partial charge in [-0.1, -0.05) is 0 Å². The van der Waals surface area contributed by atoms with Crippen molar-refractivity contribution in [3.05, 3.63) is 37.6 Å². The molecule has 0 bridgehead atoms. The topological polar surface area (TPSA) is 178 Å². The number of hydrogen-bond acceptors (Lipinski definition) is 9. The third-order valence-corrected chi connectivity index (χ3v) is 4.75. The molecule has 1 aromatic heterocycles. The highest BCUT2D eigenvalue weighted by Crippen LogP contribution is 2.49. The Morgan fingerprint density at radius 1 is 1.29 bits per heavy atom. The van der Waals surface area contributed by atoms with Crippen molar-refractivity contribution in [3.8, 4) is 0 Å². The van der Waals surface area contributed by atoms with Crippen LogP contribution in [0.1, 0.15) is 42.7 Å². The molecule has 0 radical (unpaired) electrons. The number of carbonyl (C=O) groups is 2. The zero-order chi connectivity index (χ0) is 23.2. The van der Waals surface area contributed by atoms with Gasteiger partial charge < -0.3 is 19.6 Å². The molecule has 166 valence electrons. The van der Waals surface area contributed by atoms with Gasteiger partial charge in [-0.25, -0.2) is 9.59 Å². The van der Waals surface area contributed by atoms with Crippen molar-refractivity contribution < 1.29 is 34.0 Å². The van der Waals surface area contributed by atoms with Crippen LogP contribution in [0, 0.1) is 20.2 Å². The molecule has 0 saturated heterocycles. The zero-order valence-corrected chi connectivity index (χ0v) is 17.1. The van der Waals surface area contributed by atoms with Gasteiger partial charge in [-0.05, 0) is 20.8 Å². The largest absolute Gasteiger partial charge is 0.464 e. The molecule has 0 saturated carbocycles. The number of carbonyl (C=O) groups excluding carboxylic acids is 2. The highest BCUT2D eigenvalue weighted by Gasteiger charge is 2.43. The summed E-state index contributed by atoms with van der Waals surface area (Å²) in [7, 11) is 1.01. The highest BCUT2D eigenvalue weighted by molar-refractivity contribution is 6.11. The predicted molar refractivity (Wildman–Crippen MR) is 106 cm³/mol. The molecule has 2 aromatic rings. The number of aliphatic hydroxyl groups is 1. The number of aliphatic hydroxyl groups excluding tert-OH is 1. The maximum atomic E-state index is 12.7. The van der Waals surface area contributed by atoms with E-state index in [1.165, 1.54) is 0 Å². The van der Waals surface area contributed by atoms with Crippen molar-refractivity contribution in [1.29, 1.82) is 0 Å². The number of H-pyrrole nitrogens is 1. The molecule has 1 aromatic carbocycles. The van der Waals surface area contributed by atoms with Gasteiger partial charge in [-0.15, -0.1) is 0 Å². The number of ether oxygens (including phenoxy) is 2. The maximum Gasteiger partial charge on any atom is 0.414 e. The van der Waals surface area contributed by atoms with E-state index in [1.54, 1.807) is 20.8 Å². The molecule has 3 rings (SSSR count). The van der Waals surface area contributed by atoms with Gasteiger partial charge >= 0.3 is 17.7 Å². The molecule has 31 heavy (non-hydrogen) atoms. The van der Waals surface area contributed by atoms with E-state index >= 15 is 0 Å². The second-order valence-corrected chi connectivity index (χ2v) is 7.90. The minimum Gasteiger partial charge on any atom is -0.464 e. The summed E-state index contributed by atoms with van der Waals surface area (Å²) >= 11 is 0. The summed E-state index contributed by atoms with van der Waals surface area (Å²) in [5, 5.41) is 33.2. The van der Waals surface area contributed by atoms with Crippen molar-refractivity contribution in [2.75, 3.05) is 25.2 Å². The summed E-state index contributed by atoms with van der Waals surface area (Å²) in [6.07, 6.45) is -0.829. The van der Waals surface area contributed by atoms with Gasteiger partial charge in [0.15, 0.2) is 0 Å². The summed E-state index contributed by atoms with van der Waals surface area (Å²) in [5.41, 5.74) is -2.92. The number of esters is 1. The maximum absolute atomic E-state index is 12.7. The molecule has 1 aliphatic heterocycles. The smallest absolute Gasteiger partial charge is 0.414 e. The quantitative estimate of drug-likeness (QED) is 0.414. The zero-order valence-electron chi connectivity index (χ0n) is 17.1. The van der Waals surface area contributed by atoms with Crippen LogP contribution in [0.5, 0.6) is 0 Å². The number of aromatic nitrogens is 1. The fourth-order valence-corrected chi connectivity index (χ4v) is 3.61. The third-order valence-electron chi connectivity index (χ3n) is 4.75. The Kier molecular flexibility index (Phi) is 5.31. The lowest BCUT2D eigenvalue weighted by Gasteiger charge is -2.25. The number of methoxy groups -OCH3 is 1. The Morgan fingerprint density at radius 2 is 1.94 bits per heavy atom. The molecule has 0 spiro atoms. The van der Waals surface area contributed by atoms with E-state index in [1.807, 2.05) is 0 Å². The molecule has 13 heteroatoms. The monoisotopic (exact) mass is 436 g/mol. The number of amides is 1. The first-order chi connectivity index (χ1) is 14.4. The van der Waals surface area contributed by atoms with Gasteiger partial charge in [0.25, 0.3) is 5.69 Å². The first-order valence-corrected chi connectivity index (χ1v) is 9.12. The van der Waals surface area contributed by atoms with Crippen LogP contribution in [0.25, 0.3) is 10.9 Å². The summed E-state index contributed by atoms with van der Waals surface area (Å²) < 4.78 is 9.91. The van der Waals surface area contributed by atoms with Crippen LogP contribution in [-0.4, -0.2) is 57.9 Å². The van der Waals surface area contributed by atoms with Gasteiger partial charge in [0.2, 0.25) is 5.69 Å². The number of benzene rings is 1. The van der Waals surface area contributed by atoms with Gasteiger partial charge in [0, 0.05) is 24.1 Å². The number of nitrogens with zero attached hydrogens (tertiary/aromatic N) is 3. The molecule has 0 fully saturated rings. The van der Waals surface area contributed by atoms with Crippen LogP contribution in [0.2, 0.25) is 0 Å². The van der Waals surface area contributed by atoms with E-state index in [0.29, 0.717) is 0 Å². The van der Waals surface area contributed by atoms with Gasteiger partial charge in [-0.3, -0.25) is 25.1 Å². The second-order valence-electron chi connectivity index (χ2n) is 7.90. The van der Waals surface area contributed by atoms with Crippen LogP contribution >= 0.6 is 0 Å². The van der Waals surface area contributed by atoms with Crippen molar-refractivity contribution in [2.45, 2.75) is 32.3 Å². The van der Waals surface area contributed by atoms with Crippen molar-refractivity contribution >= 4 is 40.0 Å². The SMILES string of the molecule is COC(=O)c1[nH]c2c([N+](=O)[O-])cc3c(c2c1[N+](=O)[O-])C(CO)CN3C(=O)OC(C)(C)C. The average Bonchev–Trinajstić information content (AvgIpc) is 3.23. The van der Waals surface area contributed by atoms with E-state index in [2.05, 4.69) is 9.72 Å². The van der Waals surface area contributed by atoms with E-state index in [0.717, 1.165) is 18.1 Å². The number of fused-ring (bicyclic) bond motifs is 3. The molecule has 1 amide bonds. The molecule has 1 aliphatic rings. The second kappa shape index (κ2) is 7.50. The minimum atomic E-state index is -1.09. The summed E-state index contributed by atoms with van der Waals surface area (Å²) in [5.74, 6) is -1.89. The van der Waals surface area contributed by atoms with E-state index in [9.17, 15) is 34.9 Å². The fraction of sp³-hybridized carbons (Fsp3) is 0.444. The lowest BCUT2D eigenvalue weighted by molar-refractivity contribution is -0.384. The van der Waals surface area contributed by atoms with E-state index in [-0.39, 0.29) is 28.7 Å². The minimum absolute atomic E-state index is 0.00832. The molecule has 1 atom stereocenters. The number of aromatic amines is 1. The van der Waals surface area contributed by atoms with E-state index < -0.39 is 57.1 Å². The van der Waals surface area contributed by atoms with Gasteiger partial charge in [0.1, 0.15) is 11.1 Å². The lowest BCUT2D eigenvalue weighted by atomic mass is 9.96. The van der Waals surface area contributed by atoms with Crippen LogP contribution in [-0.2, 0) is 9.47 Å². The normalized spacial score (nSPS) is 15.6. The number of hydrogen-bond donors (Lipinski definition) is 2. The molecule has 13 nitrogen and oxygen atoms in total. The molecular formula is C18H20N4O9. The van der Waals surface area contributed by atoms with Crippen LogP contribution < -0.4 is 4.90 Å². The first-order valence-electron chi connectivity index (χ1n) is 9.12. The fourth-order valence-electron chi connectivity index (χ4n) is 3.61. The summed E-state index contributed by atoms with van der Waals surface area (Å²) in [4.78, 5) is 50.2. The van der Waals surface area contributed by atoms with Crippen molar-refractivity contribution in [3.63, 3.8) is 0 Å². The molecule has 2 N–H and O–H groups in total. The highest BCUT2D eigenvalue weighted by atomic mass is 16.6. The Morgan fingerprint density at radius 3 is 2.42 bits per heavy atom. The Bertz CT molecular complexity index is 1120. The number of anilines is 1. The predicted octanol–water partition coefficient (Wildman–Crippen LogP) is 2.60. The average molecular weight is 436 g/mol. The third kappa shape index (κ3) is 3.63. The summed E-state index contributed by atoms with van der Waals surface area (Å²) in [6, 6.07) is 1.07. The lowest BCUT2D eigenvalue weighted by Crippen LogP contribution is -2.36. The van der Waals surface area contributed by atoms with Crippen LogP contribution in [0.15, 0.2) is 6.07 Å². The molecule has 0 aliphatic carbocycles. The standard InChI is InChI=1S/C18H20N4O9/c1-18(2,3)31-17(25)20-6-8(7-23)11-9(20)5-10(21(26)27)13-12(11)15(22(28)29)14(19-13)16(24)30-4/h5,8,19,23H,6-7H2,1-4H3. The summed E-state index contributed by atoms with van der Waals surface area (Å²) in [6.45, 7) is 4.28. The molecular weight excluding hydrogens is 416 g/mol. The van der Waals surface area contributed by atoms with Gasteiger partial charge in [-0.2, -0.15) is 0 Å². The Labute approximate surface area is 174 Å². The molecule has 2 heterocycles. The van der Waals surface area contributed by atoms with Crippen molar-refractivity contribution in [1.82, 2.24) is 4.98 Å². The van der Waals surface area contributed by atoms with E-state index in [4.69, 9.17) is 4.74 Å². The number of rotatable bonds is 4. The number of nitro groups is 2. The number of nitrogens with one attached hydrogen (secondary N) is 1. The number of non-ortho nitro benzene ring substituents is 1. The Balaban J connectivity index is 2.40. The van der Waals surface area contributed by atoms with Crippen LogP contribution in [0.4, 0.5) is 21.9 Å². The van der Waals surface area contributed by atoms with Gasteiger partial charge in [0.05, 0.1) is 34.6 Å². The number of nitro benzene ring substituents is 1.